The van der Waals surface area contributed by atoms with Crippen molar-refractivity contribution in [2.24, 2.45) is 0 Å². The first-order valence-electron chi connectivity index (χ1n) is 6.84. The van der Waals surface area contributed by atoms with E-state index in [-0.39, 0.29) is 18.1 Å². The van der Waals surface area contributed by atoms with Gasteiger partial charge < -0.3 is 13.9 Å². The predicted octanol–water partition coefficient (Wildman–Crippen LogP) is 2.31. The van der Waals surface area contributed by atoms with Crippen LogP contribution in [0.1, 0.15) is 25.5 Å². The number of allylic oxidation sites excluding steroid dienone is 1. The van der Waals surface area contributed by atoms with Gasteiger partial charge in [-0.2, -0.15) is 0 Å². The van der Waals surface area contributed by atoms with E-state index in [1.54, 1.807) is 0 Å². The maximum absolute atomic E-state index is 11.5. The lowest BCUT2D eigenvalue weighted by atomic mass is 10.3. The first-order valence-corrected chi connectivity index (χ1v) is 6.84. The average molecular weight is 306 g/mol. The maximum Gasteiger partial charge on any atom is 0.336 e. The zero-order valence-corrected chi connectivity index (χ0v) is 12.5. The molecule has 0 fully saturated rings. The predicted molar refractivity (Wildman–Crippen MR) is 79.5 cm³/mol. The Hall–Kier alpha value is -2.63. The fraction of sp³-hybridized carbons (Fsp3) is 0.312. The van der Waals surface area contributed by atoms with Crippen molar-refractivity contribution in [3.63, 3.8) is 0 Å². The van der Waals surface area contributed by atoms with Crippen molar-refractivity contribution in [1.29, 1.82) is 0 Å². The van der Waals surface area contributed by atoms with E-state index in [2.05, 4.69) is 0 Å². The lowest BCUT2D eigenvalue weighted by Gasteiger charge is -2.02. The van der Waals surface area contributed by atoms with E-state index in [0.717, 1.165) is 24.6 Å². The van der Waals surface area contributed by atoms with E-state index in [9.17, 15) is 14.4 Å². The highest BCUT2D eigenvalue weighted by molar-refractivity contribution is 5.92. The minimum absolute atomic E-state index is 0.180. The third-order valence-electron chi connectivity index (χ3n) is 2.50. The van der Waals surface area contributed by atoms with Crippen LogP contribution in [0.15, 0.2) is 45.8 Å². The van der Waals surface area contributed by atoms with Crippen molar-refractivity contribution in [2.75, 3.05) is 6.61 Å². The fourth-order valence-corrected chi connectivity index (χ4v) is 1.45. The third-order valence-corrected chi connectivity index (χ3v) is 2.50. The summed E-state index contributed by atoms with van der Waals surface area (Å²) < 4.78 is 14.7. The molecular weight excluding hydrogens is 288 g/mol. The molecule has 0 N–H and O–H groups in total. The Morgan fingerprint density at radius 3 is 2.64 bits per heavy atom. The smallest absolute Gasteiger partial charge is 0.336 e. The number of aryl methyl sites for hydroxylation is 1. The van der Waals surface area contributed by atoms with Crippen LogP contribution in [0, 0.1) is 6.92 Å². The number of esters is 2. The van der Waals surface area contributed by atoms with Crippen molar-refractivity contribution in [3.8, 4) is 5.75 Å². The molecule has 6 heteroatoms. The molecule has 0 aromatic carbocycles. The molecule has 0 radical (unpaired) electrons. The summed E-state index contributed by atoms with van der Waals surface area (Å²) in [6, 6.07) is 1.14. The van der Waals surface area contributed by atoms with Crippen LogP contribution in [-0.4, -0.2) is 18.5 Å². The molecule has 0 bridgehead atoms. The second-order valence-electron chi connectivity index (χ2n) is 4.26. The van der Waals surface area contributed by atoms with Crippen LogP contribution in [-0.2, 0) is 14.3 Å². The average Bonchev–Trinajstić information content (AvgIpc) is 2.49. The maximum atomic E-state index is 11.5. The van der Waals surface area contributed by atoms with E-state index >= 15 is 0 Å². The highest BCUT2D eigenvalue weighted by atomic mass is 16.5. The minimum Gasteiger partial charge on any atom is -0.465 e. The summed E-state index contributed by atoms with van der Waals surface area (Å²) in [6.45, 7) is 3.73. The Labute approximate surface area is 128 Å². The van der Waals surface area contributed by atoms with Gasteiger partial charge in [0.2, 0.25) is 11.2 Å². The van der Waals surface area contributed by atoms with Crippen LogP contribution in [0.5, 0.6) is 5.75 Å². The van der Waals surface area contributed by atoms with Crippen LogP contribution in [0.2, 0.25) is 0 Å². The highest BCUT2D eigenvalue weighted by Crippen LogP contribution is 2.10. The number of rotatable bonds is 7. The van der Waals surface area contributed by atoms with E-state index < -0.39 is 17.4 Å². The molecular formula is C16H18O6. The number of ether oxygens (including phenoxy) is 2. The van der Waals surface area contributed by atoms with Crippen LogP contribution >= 0.6 is 0 Å². The molecule has 22 heavy (non-hydrogen) atoms. The zero-order chi connectivity index (χ0) is 16.4. The molecule has 1 aromatic rings. The molecule has 1 rings (SSSR count). The van der Waals surface area contributed by atoms with Gasteiger partial charge in [-0.05, 0) is 19.8 Å². The lowest BCUT2D eigenvalue weighted by Crippen LogP contribution is -2.13. The Morgan fingerprint density at radius 2 is 1.95 bits per heavy atom. The van der Waals surface area contributed by atoms with Gasteiger partial charge in [0, 0.05) is 18.2 Å². The molecule has 0 saturated carbocycles. The topological polar surface area (TPSA) is 82.8 Å². The molecule has 1 heterocycles. The summed E-state index contributed by atoms with van der Waals surface area (Å²) in [5.74, 6) is -1.53. The number of hydrogen-bond acceptors (Lipinski definition) is 6. The van der Waals surface area contributed by atoms with Crippen molar-refractivity contribution in [2.45, 2.75) is 26.7 Å². The molecule has 0 amide bonds. The minimum atomic E-state index is -0.857. The van der Waals surface area contributed by atoms with Crippen LogP contribution in [0.3, 0.4) is 0 Å². The van der Waals surface area contributed by atoms with Gasteiger partial charge >= 0.3 is 11.9 Å². The summed E-state index contributed by atoms with van der Waals surface area (Å²) in [5, 5.41) is 0. The molecule has 0 aliphatic carbocycles. The Morgan fingerprint density at radius 1 is 1.23 bits per heavy atom. The highest BCUT2D eigenvalue weighted by Gasteiger charge is 2.10. The van der Waals surface area contributed by atoms with E-state index in [4.69, 9.17) is 13.9 Å². The molecule has 6 nitrogen and oxygen atoms in total. The normalized spacial score (nSPS) is 11.0. The van der Waals surface area contributed by atoms with Crippen molar-refractivity contribution in [1.82, 2.24) is 0 Å². The van der Waals surface area contributed by atoms with Crippen LogP contribution < -0.4 is 10.2 Å². The SMILES string of the molecule is CC/C=C\CCOC(=O)/C=C/C(=O)Oc1c(C)occc1=O. The number of carbonyl (C=O) groups excluding carboxylic acids is 2. The third kappa shape index (κ3) is 6.21. The Balaban J connectivity index is 2.46. The van der Waals surface area contributed by atoms with Gasteiger partial charge in [-0.25, -0.2) is 9.59 Å². The van der Waals surface area contributed by atoms with Crippen molar-refractivity contribution in [3.05, 3.63) is 52.6 Å². The summed E-state index contributed by atoms with van der Waals surface area (Å²) in [6.07, 6.45) is 8.46. The first-order chi connectivity index (χ1) is 10.5. The lowest BCUT2D eigenvalue weighted by molar-refractivity contribution is -0.138. The van der Waals surface area contributed by atoms with Gasteiger partial charge in [0.25, 0.3) is 0 Å². The molecule has 0 spiro atoms. The fourth-order valence-electron chi connectivity index (χ4n) is 1.45. The summed E-state index contributed by atoms with van der Waals surface area (Å²) >= 11 is 0. The Kier molecular flexibility index (Phi) is 7.39. The van der Waals surface area contributed by atoms with Crippen molar-refractivity contribution < 1.29 is 23.5 Å². The second-order valence-corrected chi connectivity index (χ2v) is 4.26. The van der Waals surface area contributed by atoms with Gasteiger partial charge in [-0.15, -0.1) is 0 Å². The molecule has 0 aliphatic heterocycles. The molecule has 1 aromatic heterocycles. The standard InChI is InChI=1S/C16H18O6/c1-3-4-5-6-10-21-14(18)7-8-15(19)22-16-12(2)20-11-9-13(16)17/h4-5,7-9,11H,3,6,10H2,1-2H3/b5-4-,8-7+. The largest absolute Gasteiger partial charge is 0.465 e. The second kappa shape index (κ2) is 9.33. The van der Waals surface area contributed by atoms with Gasteiger partial charge in [-0.3, -0.25) is 4.79 Å². The first kappa shape index (κ1) is 17.4. The van der Waals surface area contributed by atoms with Crippen LogP contribution in [0.4, 0.5) is 0 Å². The summed E-state index contributed by atoms with van der Waals surface area (Å²) in [5.41, 5.74) is -0.476. The summed E-state index contributed by atoms with van der Waals surface area (Å²) in [4.78, 5) is 34.4. The number of hydrogen-bond donors (Lipinski definition) is 0. The Bertz CT molecular complexity index is 624. The monoisotopic (exact) mass is 306 g/mol. The van der Waals surface area contributed by atoms with Gasteiger partial charge in [0.1, 0.15) is 5.76 Å². The van der Waals surface area contributed by atoms with Crippen molar-refractivity contribution >= 4 is 11.9 Å². The van der Waals surface area contributed by atoms with E-state index in [0.29, 0.717) is 6.42 Å². The van der Waals surface area contributed by atoms with Gasteiger partial charge in [0.05, 0.1) is 12.9 Å². The van der Waals surface area contributed by atoms with Crippen LogP contribution in [0.25, 0.3) is 0 Å². The van der Waals surface area contributed by atoms with Gasteiger partial charge in [0.15, 0.2) is 0 Å². The van der Waals surface area contributed by atoms with Gasteiger partial charge in [-0.1, -0.05) is 19.1 Å². The number of carbonyl (C=O) groups is 2. The molecule has 0 atom stereocenters. The van der Waals surface area contributed by atoms with E-state index in [1.165, 1.54) is 13.2 Å². The summed E-state index contributed by atoms with van der Waals surface area (Å²) in [7, 11) is 0. The molecule has 0 saturated heterocycles. The quantitative estimate of drug-likeness (QED) is 0.333. The molecule has 0 unspecified atom stereocenters. The molecule has 118 valence electrons. The van der Waals surface area contributed by atoms with E-state index in [1.807, 2.05) is 19.1 Å². The molecule has 0 aliphatic rings. The zero-order valence-electron chi connectivity index (χ0n) is 12.5.